The number of nitrogens with zero attached hydrogens (tertiary/aromatic N) is 3. The number of furan rings is 1. The van der Waals surface area contributed by atoms with Gasteiger partial charge >= 0.3 is 0 Å². The highest BCUT2D eigenvalue weighted by Crippen LogP contribution is 2.14. The number of aliphatic hydroxyl groups excluding tert-OH is 1. The number of anilines is 1. The summed E-state index contributed by atoms with van der Waals surface area (Å²) in [7, 11) is 1.69. The lowest BCUT2D eigenvalue weighted by Gasteiger charge is -2.32. The summed E-state index contributed by atoms with van der Waals surface area (Å²) in [6.07, 6.45) is 3.18. The minimum atomic E-state index is -0.155. The Morgan fingerprint density at radius 1 is 1.42 bits per heavy atom. The van der Waals surface area contributed by atoms with Crippen molar-refractivity contribution in [1.29, 1.82) is 0 Å². The van der Waals surface area contributed by atoms with E-state index in [0.29, 0.717) is 31.3 Å². The van der Waals surface area contributed by atoms with E-state index in [1.54, 1.807) is 25.5 Å². The molecule has 0 aliphatic carbocycles. The zero-order valence-corrected chi connectivity index (χ0v) is 13.6. The van der Waals surface area contributed by atoms with Gasteiger partial charge in [0.05, 0.1) is 19.3 Å². The third-order valence-electron chi connectivity index (χ3n) is 3.99. The molecule has 1 saturated heterocycles. The molecule has 1 aliphatic rings. The fourth-order valence-electron chi connectivity index (χ4n) is 2.69. The molecule has 8 heteroatoms. The van der Waals surface area contributed by atoms with E-state index in [0.717, 1.165) is 18.8 Å². The normalized spacial score (nSPS) is 18.7. The molecule has 8 nitrogen and oxygen atoms in total. The fourth-order valence-corrected chi connectivity index (χ4v) is 2.69. The zero-order valence-electron chi connectivity index (χ0n) is 13.6. The highest BCUT2D eigenvalue weighted by Gasteiger charge is 2.21. The van der Waals surface area contributed by atoms with Crippen LogP contribution in [0.1, 0.15) is 11.5 Å². The number of aryl methyl sites for hydroxylation is 1. The second-order valence-electron chi connectivity index (χ2n) is 5.83. The van der Waals surface area contributed by atoms with Crippen LogP contribution in [0.4, 0.5) is 5.82 Å². The van der Waals surface area contributed by atoms with Crippen molar-refractivity contribution in [2.24, 2.45) is 7.05 Å². The Morgan fingerprint density at radius 2 is 2.25 bits per heavy atom. The fraction of sp³-hybridized carbons (Fsp3) is 0.500. The smallest absolute Gasteiger partial charge is 0.293 e. The maximum Gasteiger partial charge on any atom is 0.293 e. The lowest BCUT2D eigenvalue weighted by atomic mass is 10.2. The van der Waals surface area contributed by atoms with Crippen molar-refractivity contribution in [2.75, 3.05) is 31.6 Å². The molecular formula is C16H22N4O4. The third-order valence-corrected chi connectivity index (χ3v) is 3.99. The molecule has 2 N–H and O–H groups in total. The maximum atomic E-state index is 11.9. The Hall–Kier alpha value is -2.16. The molecule has 1 fully saturated rings. The van der Waals surface area contributed by atoms with Gasteiger partial charge in [0.2, 0.25) is 0 Å². The summed E-state index contributed by atoms with van der Waals surface area (Å²) in [5.41, 5.74) is -0.155. The molecule has 1 atom stereocenters. The van der Waals surface area contributed by atoms with Gasteiger partial charge in [-0.3, -0.25) is 9.69 Å². The number of nitrogens with one attached hydrogen (secondary N) is 1. The Labute approximate surface area is 139 Å². The van der Waals surface area contributed by atoms with E-state index >= 15 is 0 Å². The average molecular weight is 334 g/mol. The molecule has 0 unspecified atom stereocenters. The molecule has 1 aliphatic heterocycles. The van der Waals surface area contributed by atoms with Gasteiger partial charge in [-0.15, -0.1) is 0 Å². The molecular weight excluding hydrogens is 312 g/mol. The van der Waals surface area contributed by atoms with Crippen LogP contribution in [0.25, 0.3) is 0 Å². The van der Waals surface area contributed by atoms with E-state index in [9.17, 15) is 4.79 Å². The highest BCUT2D eigenvalue weighted by atomic mass is 16.5. The van der Waals surface area contributed by atoms with E-state index in [1.165, 1.54) is 4.57 Å². The lowest BCUT2D eigenvalue weighted by molar-refractivity contribution is -0.0260. The maximum absolute atomic E-state index is 11.9. The van der Waals surface area contributed by atoms with Crippen molar-refractivity contribution in [1.82, 2.24) is 14.5 Å². The zero-order chi connectivity index (χ0) is 16.9. The Bertz CT molecular complexity index is 727. The van der Waals surface area contributed by atoms with Crippen molar-refractivity contribution < 1.29 is 14.3 Å². The van der Waals surface area contributed by atoms with E-state index in [4.69, 9.17) is 14.3 Å². The van der Waals surface area contributed by atoms with Gasteiger partial charge in [0.25, 0.3) is 5.56 Å². The van der Waals surface area contributed by atoms with E-state index in [2.05, 4.69) is 15.2 Å². The molecule has 130 valence electrons. The van der Waals surface area contributed by atoms with Crippen LogP contribution in [0.15, 0.2) is 33.7 Å². The molecule has 0 bridgehead atoms. The van der Waals surface area contributed by atoms with E-state index in [-0.39, 0.29) is 18.3 Å². The van der Waals surface area contributed by atoms with Crippen LogP contribution in [0, 0.1) is 0 Å². The summed E-state index contributed by atoms with van der Waals surface area (Å²) < 4.78 is 12.8. The monoisotopic (exact) mass is 334 g/mol. The summed E-state index contributed by atoms with van der Waals surface area (Å²) in [4.78, 5) is 18.2. The number of aliphatic hydroxyl groups is 1. The van der Waals surface area contributed by atoms with Crippen LogP contribution >= 0.6 is 0 Å². The SMILES string of the molecule is Cn1ccnc(NC[C@@H]2CN(Cc3ccc(CO)o3)CCO2)c1=O. The number of ether oxygens (including phenoxy) is 1. The quantitative estimate of drug-likeness (QED) is 0.778. The van der Waals surface area contributed by atoms with Crippen molar-refractivity contribution in [3.8, 4) is 0 Å². The minimum absolute atomic E-state index is 0.0299. The van der Waals surface area contributed by atoms with E-state index in [1.807, 2.05) is 6.07 Å². The molecule has 0 radical (unpaired) electrons. The molecule has 24 heavy (non-hydrogen) atoms. The summed E-state index contributed by atoms with van der Waals surface area (Å²) in [5.74, 6) is 1.73. The predicted octanol–water partition coefficient (Wildman–Crippen LogP) is 0.178. The van der Waals surface area contributed by atoms with Gasteiger partial charge in [0, 0.05) is 39.1 Å². The second kappa shape index (κ2) is 7.61. The number of morpholine rings is 1. The molecule has 0 saturated carbocycles. The Morgan fingerprint density at radius 3 is 3.04 bits per heavy atom. The van der Waals surface area contributed by atoms with Crippen molar-refractivity contribution in [2.45, 2.75) is 19.3 Å². The number of rotatable bonds is 6. The van der Waals surface area contributed by atoms with Gasteiger partial charge in [-0.1, -0.05) is 0 Å². The van der Waals surface area contributed by atoms with Crippen LogP contribution in [0.2, 0.25) is 0 Å². The van der Waals surface area contributed by atoms with Crippen molar-refractivity contribution in [3.05, 3.63) is 46.4 Å². The van der Waals surface area contributed by atoms with Gasteiger partial charge in [0.1, 0.15) is 18.1 Å². The summed E-state index contributed by atoms with van der Waals surface area (Å²) >= 11 is 0. The number of aromatic nitrogens is 2. The summed E-state index contributed by atoms with van der Waals surface area (Å²) in [6.45, 7) is 3.27. The first-order valence-corrected chi connectivity index (χ1v) is 7.93. The van der Waals surface area contributed by atoms with E-state index < -0.39 is 0 Å². The Balaban J connectivity index is 1.53. The van der Waals surface area contributed by atoms with Crippen molar-refractivity contribution >= 4 is 5.82 Å². The van der Waals surface area contributed by atoms with Crippen LogP contribution in [0.5, 0.6) is 0 Å². The van der Waals surface area contributed by atoms with Crippen LogP contribution < -0.4 is 10.9 Å². The van der Waals surface area contributed by atoms with Gasteiger partial charge in [-0.05, 0) is 12.1 Å². The van der Waals surface area contributed by atoms with Crippen LogP contribution in [-0.2, 0) is 24.9 Å². The molecule has 0 aromatic carbocycles. The lowest BCUT2D eigenvalue weighted by Crippen LogP contribution is -2.45. The van der Waals surface area contributed by atoms with Gasteiger partial charge in [-0.25, -0.2) is 4.98 Å². The van der Waals surface area contributed by atoms with Crippen molar-refractivity contribution in [3.63, 3.8) is 0 Å². The number of hydrogen-bond donors (Lipinski definition) is 2. The number of hydrogen-bond acceptors (Lipinski definition) is 7. The highest BCUT2D eigenvalue weighted by molar-refractivity contribution is 5.30. The minimum Gasteiger partial charge on any atom is -0.462 e. The molecule has 0 amide bonds. The molecule has 3 rings (SSSR count). The Kier molecular flexibility index (Phi) is 5.29. The van der Waals surface area contributed by atoms with Crippen LogP contribution in [-0.4, -0.2) is 51.9 Å². The first-order chi connectivity index (χ1) is 11.7. The summed E-state index contributed by atoms with van der Waals surface area (Å²) in [6, 6.07) is 3.66. The first kappa shape index (κ1) is 16.7. The largest absolute Gasteiger partial charge is 0.462 e. The third kappa shape index (κ3) is 4.02. The first-order valence-electron chi connectivity index (χ1n) is 7.93. The average Bonchev–Trinajstić information content (AvgIpc) is 3.04. The van der Waals surface area contributed by atoms with Crippen LogP contribution in [0.3, 0.4) is 0 Å². The summed E-state index contributed by atoms with van der Waals surface area (Å²) in [5, 5.41) is 12.1. The topological polar surface area (TPSA) is 92.8 Å². The second-order valence-corrected chi connectivity index (χ2v) is 5.83. The molecule has 2 aromatic rings. The van der Waals surface area contributed by atoms with Gasteiger partial charge < -0.3 is 24.1 Å². The predicted molar refractivity (Wildman–Crippen MR) is 87.6 cm³/mol. The standard InChI is InChI=1S/C16H22N4O4/c1-19-5-4-17-15(16(19)22)18-8-14-10-20(6-7-23-14)9-12-2-3-13(11-21)24-12/h2-5,14,21H,6-11H2,1H3,(H,17,18)/t14-/m1/s1. The molecule has 0 spiro atoms. The molecule has 2 aromatic heterocycles. The molecule has 3 heterocycles. The van der Waals surface area contributed by atoms with Gasteiger partial charge in [0.15, 0.2) is 5.82 Å². The van der Waals surface area contributed by atoms with Gasteiger partial charge in [-0.2, -0.15) is 0 Å².